The minimum atomic E-state index is -0.873. The van der Waals surface area contributed by atoms with E-state index in [-0.39, 0.29) is 0 Å². The second-order valence-electron chi connectivity index (χ2n) is 2.02. The molecule has 4 nitrogen and oxygen atoms in total. The summed E-state index contributed by atoms with van der Waals surface area (Å²) < 4.78 is 0. The molecule has 0 unspecified atom stereocenters. The third-order valence-electron chi connectivity index (χ3n) is 0.948. The molecule has 5 heteroatoms. The average Bonchev–Trinajstić information content (AvgIpc) is 2.53. The Hall–Kier alpha value is -1.36. The number of carboxylic acid groups (broad SMARTS) is 1. The van der Waals surface area contributed by atoms with E-state index in [0.717, 1.165) is 12.5 Å². The fourth-order valence-electron chi connectivity index (χ4n) is 0.453. The zero-order valence-corrected chi connectivity index (χ0v) is 8.12. The maximum absolute atomic E-state index is 9.67. The number of carboxylic acids is 1. The summed E-state index contributed by atoms with van der Waals surface area (Å²) in [4.78, 5) is 13.4. The fraction of sp³-hybridized carbons (Fsp3) is 0.250. The SMILES string of the molecule is CCC=CC(=O)O.Nc1nccs1. The molecular weight excluding hydrogens is 188 g/mol. The van der Waals surface area contributed by atoms with Crippen molar-refractivity contribution in [1.29, 1.82) is 0 Å². The van der Waals surface area contributed by atoms with Crippen LogP contribution in [0.4, 0.5) is 5.13 Å². The molecule has 0 atom stereocenters. The molecule has 0 saturated carbocycles. The number of nitrogen functional groups attached to an aromatic ring is 1. The van der Waals surface area contributed by atoms with Crippen molar-refractivity contribution >= 4 is 22.4 Å². The smallest absolute Gasteiger partial charge is 0.327 e. The summed E-state index contributed by atoms with van der Waals surface area (Å²) >= 11 is 1.44. The summed E-state index contributed by atoms with van der Waals surface area (Å²) in [6, 6.07) is 0. The van der Waals surface area contributed by atoms with Gasteiger partial charge in [0.1, 0.15) is 0 Å². The summed E-state index contributed by atoms with van der Waals surface area (Å²) in [7, 11) is 0. The van der Waals surface area contributed by atoms with Gasteiger partial charge in [0, 0.05) is 17.7 Å². The monoisotopic (exact) mass is 200 g/mol. The van der Waals surface area contributed by atoms with Crippen LogP contribution in [0.5, 0.6) is 0 Å². The molecule has 1 rings (SSSR count). The third-order valence-corrected chi connectivity index (χ3v) is 1.55. The van der Waals surface area contributed by atoms with Gasteiger partial charge in [-0.25, -0.2) is 9.78 Å². The van der Waals surface area contributed by atoms with Crippen LogP contribution in [0.2, 0.25) is 0 Å². The van der Waals surface area contributed by atoms with Crippen molar-refractivity contribution in [1.82, 2.24) is 4.98 Å². The number of carbonyl (C=O) groups is 1. The molecule has 0 radical (unpaired) electrons. The molecule has 3 N–H and O–H groups in total. The van der Waals surface area contributed by atoms with Crippen molar-refractivity contribution in [2.75, 3.05) is 5.73 Å². The van der Waals surface area contributed by atoms with Crippen LogP contribution in [0, 0.1) is 0 Å². The molecular formula is C8H12N2O2S. The summed E-state index contributed by atoms with van der Waals surface area (Å²) in [5.41, 5.74) is 5.19. The number of anilines is 1. The lowest BCUT2D eigenvalue weighted by Gasteiger charge is -1.73. The number of aromatic nitrogens is 1. The molecule has 0 fully saturated rings. The van der Waals surface area contributed by atoms with Gasteiger partial charge in [0.2, 0.25) is 0 Å². The Bertz CT molecular complexity index is 257. The fourth-order valence-corrected chi connectivity index (χ4v) is 0.836. The molecule has 0 aromatic carbocycles. The predicted molar refractivity (Wildman–Crippen MR) is 53.6 cm³/mol. The van der Waals surface area contributed by atoms with Gasteiger partial charge in [-0.15, -0.1) is 11.3 Å². The highest BCUT2D eigenvalue weighted by Crippen LogP contribution is 2.02. The van der Waals surface area contributed by atoms with Crippen molar-refractivity contribution in [3.05, 3.63) is 23.7 Å². The molecule has 0 saturated heterocycles. The first-order valence-corrected chi connectivity index (χ1v) is 4.59. The molecule has 0 aliphatic rings. The number of thiazole rings is 1. The highest BCUT2D eigenvalue weighted by molar-refractivity contribution is 7.13. The predicted octanol–water partition coefficient (Wildman–Crippen LogP) is 1.76. The van der Waals surface area contributed by atoms with Crippen molar-refractivity contribution in [3.63, 3.8) is 0 Å². The van der Waals surface area contributed by atoms with Crippen LogP contribution in [0.1, 0.15) is 13.3 Å². The van der Waals surface area contributed by atoms with Crippen LogP contribution in [-0.4, -0.2) is 16.1 Å². The average molecular weight is 200 g/mol. The zero-order valence-electron chi connectivity index (χ0n) is 7.30. The highest BCUT2D eigenvalue weighted by atomic mass is 32.1. The molecule has 1 aromatic rings. The van der Waals surface area contributed by atoms with E-state index >= 15 is 0 Å². The number of rotatable bonds is 2. The first-order chi connectivity index (χ1) is 6.16. The Balaban J connectivity index is 0.000000223. The number of hydrogen-bond acceptors (Lipinski definition) is 4. The standard InChI is InChI=1S/C5H8O2.C3H4N2S/c1-2-3-4-5(6)7;4-3-5-1-2-6-3/h3-4H,2H2,1H3,(H,6,7);1-2H,(H2,4,5). The lowest BCUT2D eigenvalue weighted by atomic mass is 10.4. The maximum Gasteiger partial charge on any atom is 0.327 e. The first-order valence-electron chi connectivity index (χ1n) is 3.71. The molecule has 1 aromatic heterocycles. The minimum Gasteiger partial charge on any atom is -0.478 e. The zero-order chi connectivity index (χ0) is 10.1. The van der Waals surface area contributed by atoms with E-state index < -0.39 is 5.97 Å². The normalized spacial score (nSPS) is 9.31. The van der Waals surface area contributed by atoms with Gasteiger partial charge in [0.05, 0.1) is 0 Å². The van der Waals surface area contributed by atoms with Crippen LogP contribution in [0.3, 0.4) is 0 Å². The van der Waals surface area contributed by atoms with Crippen LogP contribution in [0.25, 0.3) is 0 Å². The molecule has 72 valence electrons. The van der Waals surface area contributed by atoms with Gasteiger partial charge in [-0.1, -0.05) is 13.0 Å². The number of hydrogen-bond donors (Lipinski definition) is 2. The molecule has 0 aliphatic heterocycles. The van der Waals surface area contributed by atoms with Crippen LogP contribution in [-0.2, 0) is 4.79 Å². The Morgan fingerprint density at radius 2 is 2.54 bits per heavy atom. The van der Waals surface area contributed by atoms with Gasteiger partial charge in [0.25, 0.3) is 0 Å². The number of nitrogens with two attached hydrogens (primary N) is 1. The van der Waals surface area contributed by atoms with Crippen molar-refractivity contribution in [3.8, 4) is 0 Å². The van der Waals surface area contributed by atoms with E-state index in [1.54, 1.807) is 12.3 Å². The van der Waals surface area contributed by atoms with Crippen LogP contribution in [0.15, 0.2) is 23.7 Å². The number of aliphatic carboxylic acids is 1. The second kappa shape index (κ2) is 7.30. The number of nitrogens with zero attached hydrogens (tertiary/aromatic N) is 1. The number of allylic oxidation sites excluding steroid dienone is 1. The van der Waals surface area contributed by atoms with Gasteiger partial charge in [0.15, 0.2) is 5.13 Å². The topological polar surface area (TPSA) is 76.2 Å². The van der Waals surface area contributed by atoms with Gasteiger partial charge in [-0.05, 0) is 6.42 Å². The minimum absolute atomic E-state index is 0.634. The molecule has 0 aliphatic carbocycles. The second-order valence-corrected chi connectivity index (χ2v) is 2.95. The van der Waals surface area contributed by atoms with Gasteiger partial charge in [-0.2, -0.15) is 0 Å². The Kier molecular flexibility index (Phi) is 6.53. The van der Waals surface area contributed by atoms with Crippen LogP contribution < -0.4 is 5.73 Å². The molecule has 13 heavy (non-hydrogen) atoms. The first kappa shape index (κ1) is 11.6. The van der Waals surface area contributed by atoms with E-state index in [9.17, 15) is 4.79 Å². The van der Waals surface area contributed by atoms with E-state index in [1.165, 1.54) is 11.3 Å². The Morgan fingerprint density at radius 3 is 2.69 bits per heavy atom. The van der Waals surface area contributed by atoms with Crippen molar-refractivity contribution in [2.24, 2.45) is 0 Å². The van der Waals surface area contributed by atoms with Gasteiger partial charge in [-0.3, -0.25) is 0 Å². The summed E-state index contributed by atoms with van der Waals surface area (Å²) in [6.45, 7) is 1.89. The van der Waals surface area contributed by atoms with Crippen LogP contribution >= 0.6 is 11.3 Å². The summed E-state index contributed by atoms with van der Waals surface area (Å²) in [5.74, 6) is -0.873. The third kappa shape index (κ3) is 8.55. The van der Waals surface area contributed by atoms with Gasteiger partial charge < -0.3 is 10.8 Å². The summed E-state index contributed by atoms with van der Waals surface area (Å²) in [6.07, 6.45) is 5.20. The molecule has 1 heterocycles. The Labute approximate surface area is 80.7 Å². The summed E-state index contributed by atoms with van der Waals surface area (Å²) in [5, 5.41) is 10.4. The lowest BCUT2D eigenvalue weighted by Crippen LogP contribution is -1.84. The molecule has 0 bridgehead atoms. The van der Waals surface area contributed by atoms with E-state index in [4.69, 9.17) is 10.8 Å². The largest absolute Gasteiger partial charge is 0.478 e. The van der Waals surface area contributed by atoms with E-state index in [1.807, 2.05) is 12.3 Å². The van der Waals surface area contributed by atoms with Crippen molar-refractivity contribution in [2.45, 2.75) is 13.3 Å². The highest BCUT2D eigenvalue weighted by Gasteiger charge is 1.79. The maximum atomic E-state index is 9.67. The Morgan fingerprint density at radius 1 is 1.85 bits per heavy atom. The lowest BCUT2D eigenvalue weighted by molar-refractivity contribution is -0.131. The van der Waals surface area contributed by atoms with Gasteiger partial charge >= 0.3 is 5.97 Å². The van der Waals surface area contributed by atoms with Crippen molar-refractivity contribution < 1.29 is 9.90 Å². The van der Waals surface area contributed by atoms with E-state index in [0.29, 0.717) is 5.13 Å². The molecule has 0 amide bonds. The quantitative estimate of drug-likeness (QED) is 0.713. The molecule has 0 spiro atoms. The van der Waals surface area contributed by atoms with E-state index in [2.05, 4.69) is 4.98 Å².